The third kappa shape index (κ3) is 7.28. The number of amides is 1. The molecule has 246 valence electrons. The SMILES string of the molecule is CC(CCC(=O)NCCS(=O)(=O)OCO[PH](O)(O)O)C1CCC2C3C(CCC12C)C1(C)CCC(O)(F)CC1CC3(O)F. The van der Waals surface area contributed by atoms with Crippen molar-refractivity contribution in [3.8, 4) is 0 Å². The van der Waals surface area contributed by atoms with Crippen molar-refractivity contribution in [3.63, 3.8) is 0 Å². The van der Waals surface area contributed by atoms with Crippen LogP contribution in [0.5, 0.6) is 0 Å². The Hall–Kier alpha value is -0.570. The number of hydrogen-bond donors (Lipinski definition) is 6. The fraction of sp³-hybridized carbons (Fsp3) is 0.963. The topological polar surface area (TPSA) is 183 Å². The van der Waals surface area contributed by atoms with Crippen molar-refractivity contribution in [2.24, 2.45) is 46.3 Å². The van der Waals surface area contributed by atoms with Gasteiger partial charge in [-0.2, -0.15) is 0 Å². The predicted molar refractivity (Wildman–Crippen MR) is 150 cm³/mol. The van der Waals surface area contributed by atoms with Crippen molar-refractivity contribution < 1.29 is 55.6 Å². The molecule has 11 nitrogen and oxygen atoms in total. The van der Waals surface area contributed by atoms with Gasteiger partial charge in [-0.25, -0.2) is 8.78 Å². The van der Waals surface area contributed by atoms with Crippen molar-refractivity contribution >= 4 is 24.2 Å². The third-order valence-electron chi connectivity index (χ3n) is 11.4. The van der Waals surface area contributed by atoms with Gasteiger partial charge in [0.05, 0.1) is 0 Å². The van der Waals surface area contributed by atoms with E-state index in [-0.39, 0.29) is 72.6 Å². The molecular weight excluding hydrogens is 599 g/mol. The normalized spacial score (nSPS) is 43.1. The summed E-state index contributed by atoms with van der Waals surface area (Å²) in [6.45, 7) is 5.06. The van der Waals surface area contributed by atoms with E-state index in [0.29, 0.717) is 12.8 Å². The number of fused-ring (bicyclic) bond motifs is 5. The Bertz CT molecular complexity index is 1100. The minimum absolute atomic E-state index is 0.0319. The van der Waals surface area contributed by atoms with E-state index in [4.69, 9.17) is 14.7 Å². The number of carbonyl (C=O) groups excluding carboxylic acids is 1. The molecule has 42 heavy (non-hydrogen) atoms. The fourth-order valence-electron chi connectivity index (χ4n) is 9.32. The van der Waals surface area contributed by atoms with Crippen LogP contribution in [-0.2, 0) is 23.6 Å². The molecule has 4 fully saturated rings. The molecule has 0 radical (unpaired) electrons. The average molecular weight is 648 g/mol. The predicted octanol–water partition coefficient (Wildman–Crippen LogP) is 2.81. The summed E-state index contributed by atoms with van der Waals surface area (Å²) in [4.78, 5) is 38.6. The van der Waals surface area contributed by atoms with E-state index in [0.717, 1.165) is 25.7 Å². The molecule has 0 saturated heterocycles. The van der Waals surface area contributed by atoms with Gasteiger partial charge in [0.15, 0.2) is 0 Å². The quantitative estimate of drug-likeness (QED) is 0.111. The molecule has 10 unspecified atom stereocenters. The van der Waals surface area contributed by atoms with Gasteiger partial charge >= 0.3 is 117 Å². The molecule has 1 amide bonds. The van der Waals surface area contributed by atoms with Crippen LogP contribution in [0.2, 0.25) is 0 Å². The summed E-state index contributed by atoms with van der Waals surface area (Å²) in [5, 5.41) is 23.8. The van der Waals surface area contributed by atoms with Crippen LogP contribution in [0.15, 0.2) is 0 Å². The van der Waals surface area contributed by atoms with Crippen molar-refractivity contribution in [2.45, 2.75) is 96.7 Å². The molecule has 0 bridgehead atoms. The average Bonchev–Trinajstić information content (AvgIpc) is 3.19. The van der Waals surface area contributed by atoms with Crippen LogP contribution in [0, 0.1) is 46.3 Å². The smallest absolute Gasteiger partial charge is 0.362 e. The maximum absolute atomic E-state index is 16.1. The van der Waals surface area contributed by atoms with Crippen LogP contribution in [0.25, 0.3) is 0 Å². The van der Waals surface area contributed by atoms with Crippen LogP contribution in [0.1, 0.15) is 85.0 Å². The summed E-state index contributed by atoms with van der Waals surface area (Å²) in [5.74, 6) is -6.41. The van der Waals surface area contributed by atoms with E-state index in [1.54, 1.807) is 0 Å². The Balaban J connectivity index is 1.31. The first-order valence-corrected chi connectivity index (χ1v) is 18.3. The Kier molecular flexibility index (Phi) is 9.79. The molecule has 0 heterocycles. The molecule has 4 rings (SSSR count). The first-order chi connectivity index (χ1) is 19.2. The minimum Gasteiger partial charge on any atom is -0.362 e. The van der Waals surface area contributed by atoms with Gasteiger partial charge in [-0.05, 0) is 60.7 Å². The van der Waals surface area contributed by atoms with Crippen molar-refractivity contribution in [2.75, 3.05) is 19.1 Å². The van der Waals surface area contributed by atoms with Crippen LogP contribution >= 0.6 is 8.17 Å². The van der Waals surface area contributed by atoms with Gasteiger partial charge in [0, 0.05) is 25.2 Å². The molecule has 6 N–H and O–H groups in total. The van der Waals surface area contributed by atoms with Gasteiger partial charge in [-0.1, -0.05) is 13.8 Å². The Morgan fingerprint density at radius 1 is 1.02 bits per heavy atom. The number of aliphatic hydroxyl groups is 2. The molecule has 15 heteroatoms. The molecule has 4 aliphatic rings. The molecule has 0 aromatic heterocycles. The Morgan fingerprint density at radius 2 is 1.69 bits per heavy atom. The van der Waals surface area contributed by atoms with Gasteiger partial charge in [-0.15, -0.1) is 0 Å². The van der Waals surface area contributed by atoms with Crippen molar-refractivity contribution in [1.82, 2.24) is 5.32 Å². The summed E-state index contributed by atoms with van der Waals surface area (Å²) in [6, 6.07) is 0. The van der Waals surface area contributed by atoms with Crippen LogP contribution in [0.3, 0.4) is 0 Å². The maximum atomic E-state index is 16.1. The first kappa shape index (κ1) is 34.3. The van der Waals surface area contributed by atoms with Gasteiger partial charge < -0.3 is 10.2 Å². The standard InChI is InChI=1S/C27H48F2NO10PS/c1-17(4-7-22(31)30-12-13-42(37,38)40-16-39-41(34,35)36)19-5-6-20-23-21(8-9-25(19,20)3)24(2)10-11-26(28,32)14-18(24)15-27(23,29)33/h17-21,23,32-36,41H,4-16H2,1-3H3,(H,30,31). The number of alkyl halides is 2. The number of carbonyl (C=O) groups is 1. The van der Waals surface area contributed by atoms with Gasteiger partial charge in [-0.3, -0.25) is 0 Å². The van der Waals surface area contributed by atoms with Crippen LogP contribution in [-0.4, -0.2) is 70.0 Å². The van der Waals surface area contributed by atoms with E-state index < -0.39 is 54.4 Å². The van der Waals surface area contributed by atoms with Crippen LogP contribution in [0.4, 0.5) is 8.78 Å². The number of rotatable bonds is 11. The van der Waals surface area contributed by atoms with E-state index in [2.05, 4.69) is 34.8 Å². The molecule has 4 aliphatic carbocycles. The van der Waals surface area contributed by atoms with E-state index in [9.17, 15) is 27.8 Å². The van der Waals surface area contributed by atoms with E-state index in [1.807, 2.05) is 0 Å². The molecule has 10 atom stereocenters. The summed E-state index contributed by atoms with van der Waals surface area (Å²) in [6.07, 6.45) is 4.12. The number of nitrogens with one attached hydrogen (secondary N) is 1. The first-order valence-electron chi connectivity index (χ1n) is 15.0. The number of halogens is 2. The van der Waals surface area contributed by atoms with Gasteiger partial charge in [0.1, 0.15) is 0 Å². The van der Waals surface area contributed by atoms with Crippen LogP contribution < -0.4 is 5.32 Å². The van der Waals surface area contributed by atoms with Crippen molar-refractivity contribution in [3.05, 3.63) is 0 Å². The third-order valence-corrected chi connectivity index (χ3v) is 13.1. The summed E-state index contributed by atoms with van der Waals surface area (Å²) in [7, 11) is -9.03. The van der Waals surface area contributed by atoms with E-state index >= 15 is 4.39 Å². The Labute approximate surface area is 247 Å². The zero-order chi connectivity index (χ0) is 31.4. The molecule has 0 aromatic carbocycles. The zero-order valence-electron chi connectivity index (χ0n) is 24.6. The second kappa shape index (κ2) is 12.0. The molecule has 0 aromatic rings. The van der Waals surface area contributed by atoms with Gasteiger partial charge in [0.2, 0.25) is 11.7 Å². The Morgan fingerprint density at radius 3 is 2.36 bits per heavy atom. The molecule has 0 aliphatic heterocycles. The summed E-state index contributed by atoms with van der Waals surface area (Å²) in [5.41, 5.74) is -0.555. The van der Waals surface area contributed by atoms with Crippen molar-refractivity contribution in [1.29, 1.82) is 0 Å². The molecule has 0 spiro atoms. The summed E-state index contributed by atoms with van der Waals surface area (Å²) < 4.78 is 62.7. The molecule has 4 saturated carbocycles. The second-order valence-corrected chi connectivity index (χ2v) is 17.1. The minimum atomic E-state index is -4.90. The second-order valence-electron chi connectivity index (χ2n) is 13.9. The molecular formula is C27H48F2NO10PS. The van der Waals surface area contributed by atoms with E-state index in [1.165, 1.54) is 0 Å². The summed E-state index contributed by atoms with van der Waals surface area (Å²) >= 11 is 0. The van der Waals surface area contributed by atoms with Gasteiger partial charge in [0.25, 0.3) is 0 Å². The zero-order valence-corrected chi connectivity index (χ0v) is 26.4. The number of hydrogen-bond acceptors (Lipinski definition) is 10. The monoisotopic (exact) mass is 647 g/mol. The fourth-order valence-corrected chi connectivity index (χ4v) is 10.3.